The van der Waals surface area contributed by atoms with Crippen molar-refractivity contribution in [2.75, 3.05) is 6.61 Å². The van der Waals surface area contributed by atoms with Crippen molar-refractivity contribution in [3.63, 3.8) is 0 Å². The molecule has 0 bridgehead atoms. The fourth-order valence-corrected chi connectivity index (χ4v) is 3.21. The van der Waals surface area contributed by atoms with Crippen LogP contribution in [0.4, 0.5) is 0 Å². The number of amides is 1. The monoisotopic (exact) mass is 418 g/mol. The number of carbonyl (C=O) groups excluding carboxylic acids is 1. The lowest BCUT2D eigenvalue weighted by atomic mass is 10.2. The first-order valence-electron chi connectivity index (χ1n) is 9.40. The van der Waals surface area contributed by atoms with E-state index in [1.54, 1.807) is 42.9 Å². The summed E-state index contributed by atoms with van der Waals surface area (Å²) >= 11 is 5.90. The Bertz CT molecular complexity index is 1170. The zero-order chi connectivity index (χ0) is 20.8. The van der Waals surface area contributed by atoms with Gasteiger partial charge in [0.1, 0.15) is 12.4 Å². The first-order valence-corrected chi connectivity index (χ1v) is 9.78. The maximum absolute atomic E-state index is 12.1. The van der Waals surface area contributed by atoms with Crippen molar-refractivity contribution in [2.45, 2.75) is 6.54 Å². The molecule has 2 heterocycles. The predicted octanol–water partition coefficient (Wildman–Crippen LogP) is 4.53. The molecule has 0 fully saturated rings. The maximum Gasteiger partial charge on any atom is 0.271 e. The number of hydrazone groups is 1. The van der Waals surface area contributed by atoms with E-state index >= 15 is 0 Å². The van der Waals surface area contributed by atoms with Crippen LogP contribution in [-0.4, -0.2) is 28.3 Å². The van der Waals surface area contributed by atoms with E-state index in [4.69, 9.17) is 16.3 Å². The summed E-state index contributed by atoms with van der Waals surface area (Å²) in [4.78, 5) is 16.0. The molecular formula is C23H19ClN4O2. The summed E-state index contributed by atoms with van der Waals surface area (Å²) in [5.41, 5.74) is 5.03. The minimum absolute atomic E-state index is 0.284. The van der Waals surface area contributed by atoms with Crippen LogP contribution in [0.3, 0.4) is 0 Å². The number of hydrogen-bond acceptors (Lipinski definition) is 4. The standard InChI is InChI=1S/C23H19ClN4O2/c24-19-5-7-20(8-6-19)30-14-13-28-16-18(21-3-1-2-4-22(21)28)15-26-27-23(29)17-9-11-25-12-10-17/h1-12,15-16H,13-14H2,(H,27,29)/b26-15-. The molecule has 0 aliphatic heterocycles. The van der Waals surface area contributed by atoms with Gasteiger partial charge in [-0.2, -0.15) is 5.10 Å². The summed E-state index contributed by atoms with van der Waals surface area (Å²) in [6, 6.07) is 18.6. The number of benzene rings is 2. The van der Waals surface area contributed by atoms with Crippen LogP contribution in [0, 0.1) is 0 Å². The first-order chi connectivity index (χ1) is 14.7. The lowest BCUT2D eigenvalue weighted by Crippen LogP contribution is -2.17. The third-order valence-electron chi connectivity index (χ3n) is 4.55. The normalized spacial score (nSPS) is 11.1. The van der Waals surface area contributed by atoms with Gasteiger partial charge in [0.25, 0.3) is 5.91 Å². The smallest absolute Gasteiger partial charge is 0.271 e. The van der Waals surface area contributed by atoms with Gasteiger partial charge in [-0.15, -0.1) is 0 Å². The second-order valence-corrected chi connectivity index (χ2v) is 6.97. The molecule has 0 saturated carbocycles. The van der Waals surface area contributed by atoms with Crippen molar-refractivity contribution >= 4 is 34.6 Å². The average molecular weight is 419 g/mol. The minimum Gasteiger partial charge on any atom is -0.492 e. The van der Waals surface area contributed by atoms with Crippen LogP contribution in [0.1, 0.15) is 15.9 Å². The highest BCUT2D eigenvalue weighted by atomic mass is 35.5. The van der Waals surface area contributed by atoms with Crippen LogP contribution in [0.5, 0.6) is 5.75 Å². The van der Waals surface area contributed by atoms with Gasteiger partial charge in [0.2, 0.25) is 0 Å². The average Bonchev–Trinajstić information content (AvgIpc) is 3.13. The van der Waals surface area contributed by atoms with Crippen LogP contribution >= 0.6 is 11.6 Å². The van der Waals surface area contributed by atoms with Gasteiger partial charge in [-0.1, -0.05) is 29.8 Å². The number of halogens is 1. The van der Waals surface area contributed by atoms with Crippen molar-refractivity contribution < 1.29 is 9.53 Å². The quantitative estimate of drug-likeness (QED) is 0.354. The van der Waals surface area contributed by atoms with Crippen LogP contribution in [0.2, 0.25) is 5.02 Å². The van der Waals surface area contributed by atoms with E-state index in [1.807, 2.05) is 42.6 Å². The van der Waals surface area contributed by atoms with Gasteiger partial charge in [-0.25, -0.2) is 5.43 Å². The molecule has 0 unspecified atom stereocenters. The summed E-state index contributed by atoms with van der Waals surface area (Å²) in [6.45, 7) is 1.18. The second-order valence-electron chi connectivity index (χ2n) is 6.53. The Morgan fingerprint density at radius 3 is 2.67 bits per heavy atom. The Morgan fingerprint density at radius 2 is 1.87 bits per heavy atom. The number of nitrogens with zero attached hydrogens (tertiary/aromatic N) is 3. The molecule has 0 saturated heterocycles. The molecule has 1 N–H and O–H groups in total. The highest BCUT2D eigenvalue weighted by Crippen LogP contribution is 2.20. The molecule has 4 aromatic rings. The van der Waals surface area contributed by atoms with Crippen molar-refractivity contribution in [1.82, 2.24) is 15.0 Å². The second kappa shape index (κ2) is 9.24. The Balaban J connectivity index is 1.45. The number of para-hydroxylation sites is 1. The molecule has 0 radical (unpaired) electrons. The maximum atomic E-state index is 12.1. The zero-order valence-corrected chi connectivity index (χ0v) is 16.8. The van der Waals surface area contributed by atoms with Crippen molar-refractivity contribution in [3.05, 3.63) is 95.4 Å². The van der Waals surface area contributed by atoms with E-state index in [1.165, 1.54) is 0 Å². The number of fused-ring (bicyclic) bond motifs is 1. The number of ether oxygens (including phenoxy) is 1. The first kappa shape index (κ1) is 19.7. The van der Waals surface area contributed by atoms with E-state index in [-0.39, 0.29) is 5.91 Å². The summed E-state index contributed by atoms with van der Waals surface area (Å²) in [5.74, 6) is 0.491. The van der Waals surface area contributed by atoms with Crippen LogP contribution in [0.25, 0.3) is 10.9 Å². The minimum atomic E-state index is -0.284. The third-order valence-corrected chi connectivity index (χ3v) is 4.80. The Kier molecular flexibility index (Phi) is 6.06. The molecule has 6 nitrogen and oxygen atoms in total. The number of hydrogen-bond donors (Lipinski definition) is 1. The van der Waals surface area contributed by atoms with Crippen LogP contribution in [0.15, 0.2) is 84.4 Å². The molecule has 0 aliphatic carbocycles. The van der Waals surface area contributed by atoms with E-state index in [0.717, 1.165) is 22.2 Å². The summed E-state index contributed by atoms with van der Waals surface area (Å²) < 4.78 is 7.92. The predicted molar refractivity (Wildman–Crippen MR) is 118 cm³/mol. The molecule has 4 rings (SSSR count). The SMILES string of the molecule is O=C(N/N=C\c1cn(CCOc2ccc(Cl)cc2)c2ccccc12)c1ccncc1. The van der Waals surface area contributed by atoms with E-state index in [2.05, 4.69) is 20.1 Å². The highest BCUT2D eigenvalue weighted by molar-refractivity contribution is 6.30. The third kappa shape index (κ3) is 4.67. The highest BCUT2D eigenvalue weighted by Gasteiger charge is 2.07. The molecule has 0 aliphatic rings. The number of carbonyl (C=O) groups is 1. The fourth-order valence-electron chi connectivity index (χ4n) is 3.08. The molecule has 30 heavy (non-hydrogen) atoms. The number of pyridine rings is 1. The van der Waals surface area contributed by atoms with Gasteiger partial charge in [0.05, 0.1) is 12.8 Å². The van der Waals surface area contributed by atoms with Crippen molar-refractivity contribution in [3.8, 4) is 5.75 Å². The van der Waals surface area contributed by atoms with E-state index < -0.39 is 0 Å². The molecule has 0 spiro atoms. The molecule has 1 amide bonds. The number of rotatable bonds is 7. The Hall–Kier alpha value is -3.64. The fraction of sp³-hybridized carbons (Fsp3) is 0.0870. The van der Waals surface area contributed by atoms with E-state index in [9.17, 15) is 4.79 Å². The molecular weight excluding hydrogens is 400 g/mol. The van der Waals surface area contributed by atoms with Crippen LogP contribution < -0.4 is 10.2 Å². The molecule has 2 aromatic carbocycles. The number of aromatic nitrogens is 2. The van der Waals surface area contributed by atoms with E-state index in [0.29, 0.717) is 23.7 Å². The number of nitrogens with one attached hydrogen (secondary N) is 1. The van der Waals surface area contributed by atoms with Gasteiger partial charge in [-0.3, -0.25) is 9.78 Å². The van der Waals surface area contributed by atoms with Gasteiger partial charge in [0.15, 0.2) is 0 Å². The van der Waals surface area contributed by atoms with Gasteiger partial charge >= 0.3 is 0 Å². The molecule has 150 valence electrons. The van der Waals surface area contributed by atoms with Crippen molar-refractivity contribution in [1.29, 1.82) is 0 Å². The Labute approximate surface area is 178 Å². The molecule has 0 atom stereocenters. The van der Waals surface area contributed by atoms with Gasteiger partial charge in [-0.05, 0) is 42.5 Å². The summed E-state index contributed by atoms with van der Waals surface area (Å²) in [6.07, 6.45) is 6.78. The topological polar surface area (TPSA) is 68.5 Å². The van der Waals surface area contributed by atoms with Crippen LogP contribution in [-0.2, 0) is 6.54 Å². The van der Waals surface area contributed by atoms with Gasteiger partial charge < -0.3 is 9.30 Å². The summed E-state index contributed by atoms with van der Waals surface area (Å²) in [7, 11) is 0. The Morgan fingerprint density at radius 1 is 1.10 bits per heavy atom. The van der Waals surface area contributed by atoms with Gasteiger partial charge in [0, 0.05) is 45.6 Å². The summed E-state index contributed by atoms with van der Waals surface area (Å²) in [5, 5.41) is 5.84. The molecule has 7 heteroatoms. The lowest BCUT2D eigenvalue weighted by Gasteiger charge is -2.08. The molecule has 2 aromatic heterocycles. The largest absolute Gasteiger partial charge is 0.492 e. The van der Waals surface area contributed by atoms with Crippen molar-refractivity contribution in [2.24, 2.45) is 5.10 Å². The lowest BCUT2D eigenvalue weighted by molar-refractivity contribution is 0.0955. The zero-order valence-electron chi connectivity index (χ0n) is 16.0.